The van der Waals surface area contributed by atoms with E-state index in [0.717, 1.165) is 0 Å². The van der Waals surface area contributed by atoms with E-state index in [2.05, 4.69) is 11.7 Å². The zero-order chi connectivity index (χ0) is 3.49. The number of nitrogens with zero attached hydrogens (tertiary/aromatic N) is 1. The lowest BCUT2D eigenvalue weighted by Crippen LogP contribution is -1.83. The van der Waals surface area contributed by atoms with Crippen molar-refractivity contribution in [2.24, 2.45) is 4.74 Å². The van der Waals surface area contributed by atoms with Crippen molar-refractivity contribution in [3.63, 3.8) is 0 Å². The van der Waals surface area contributed by atoms with E-state index in [4.69, 9.17) is 0 Å². The number of rotatable bonds is 0. The summed E-state index contributed by atoms with van der Waals surface area (Å²) >= 11 is 0. The second-order valence-electron chi connectivity index (χ2n) is 2.01. The minimum Gasteiger partial charge on any atom is -0.291 e. The molecule has 28 valence electrons. The van der Waals surface area contributed by atoms with Crippen molar-refractivity contribution in [1.82, 2.24) is 0 Å². The summed E-state index contributed by atoms with van der Waals surface area (Å²) in [6, 6.07) is 0. The highest BCUT2D eigenvalue weighted by molar-refractivity contribution is 7.64. The van der Waals surface area contributed by atoms with Crippen LogP contribution in [0.3, 0.4) is 0 Å². The van der Waals surface area contributed by atoms with Crippen LogP contribution in [0.15, 0.2) is 4.74 Å². The number of hydrogen-bond donors (Lipinski definition) is 0. The van der Waals surface area contributed by atoms with Crippen molar-refractivity contribution >= 4 is 7.71 Å². The summed E-state index contributed by atoms with van der Waals surface area (Å²) in [7, 11) is 0.0635. The first-order valence-electron chi connectivity index (χ1n) is 1.90. The monoisotopic (exact) mass is 87.0 g/mol. The van der Waals surface area contributed by atoms with Gasteiger partial charge in [-0.3, -0.25) is 4.74 Å². The van der Waals surface area contributed by atoms with Crippen molar-refractivity contribution in [3.8, 4) is 0 Å². The van der Waals surface area contributed by atoms with Crippen LogP contribution in [-0.4, -0.2) is 11.4 Å². The SMILES string of the molecule is CC12C[PH]1=N2. The molecule has 0 amide bonds. The van der Waals surface area contributed by atoms with E-state index < -0.39 is 0 Å². The van der Waals surface area contributed by atoms with Crippen molar-refractivity contribution in [2.75, 3.05) is 6.16 Å². The molecule has 0 saturated carbocycles. The van der Waals surface area contributed by atoms with Gasteiger partial charge in [0.1, 0.15) is 0 Å². The van der Waals surface area contributed by atoms with Crippen LogP contribution in [0.2, 0.25) is 0 Å². The summed E-state index contributed by atoms with van der Waals surface area (Å²) in [5.74, 6) is 0. The predicted molar refractivity (Wildman–Crippen MR) is 24.0 cm³/mol. The third-order valence-corrected chi connectivity index (χ3v) is 4.02. The van der Waals surface area contributed by atoms with Crippen LogP contribution in [0, 0.1) is 0 Å². The van der Waals surface area contributed by atoms with Gasteiger partial charge < -0.3 is 0 Å². The molecule has 0 aromatic heterocycles. The summed E-state index contributed by atoms with van der Waals surface area (Å²) < 4.78 is 4.23. The molecule has 0 aromatic carbocycles. The van der Waals surface area contributed by atoms with Gasteiger partial charge in [0, 0.05) is 6.16 Å². The molecule has 2 aliphatic heterocycles. The first-order valence-corrected chi connectivity index (χ1v) is 3.56. The fourth-order valence-corrected chi connectivity index (χ4v) is 2.09. The van der Waals surface area contributed by atoms with Gasteiger partial charge in [-0.1, -0.05) is 0 Å². The molecule has 2 aliphatic rings. The van der Waals surface area contributed by atoms with Crippen molar-refractivity contribution < 1.29 is 0 Å². The third kappa shape index (κ3) is 0.141. The third-order valence-electron chi connectivity index (χ3n) is 1.34. The average molecular weight is 87.1 g/mol. The van der Waals surface area contributed by atoms with Gasteiger partial charge in [0.05, 0.1) is 5.28 Å². The number of fused-ring (bicyclic) bond motifs is 1. The molecule has 0 radical (unpaired) electrons. The largest absolute Gasteiger partial charge is 0.291 e. The Kier molecular flexibility index (Phi) is 0.169. The van der Waals surface area contributed by atoms with Crippen LogP contribution >= 0.6 is 7.71 Å². The molecule has 0 aromatic rings. The molecule has 1 nitrogen and oxygen atoms in total. The highest BCUT2D eigenvalue weighted by atomic mass is 31.1. The first kappa shape index (κ1) is 2.41. The van der Waals surface area contributed by atoms with Crippen LogP contribution in [0.1, 0.15) is 6.92 Å². The van der Waals surface area contributed by atoms with Gasteiger partial charge in [-0.25, -0.2) is 0 Å². The van der Waals surface area contributed by atoms with E-state index in [0.29, 0.717) is 5.28 Å². The molecular weight excluding hydrogens is 81.0 g/mol. The lowest BCUT2D eigenvalue weighted by molar-refractivity contribution is 0.907. The van der Waals surface area contributed by atoms with Gasteiger partial charge in [-0.05, 0) is 14.6 Å². The molecule has 2 unspecified atom stereocenters. The molecule has 2 heterocycles. The van der Waals surface area contributed by atoms with Gasteiger partial charge in [0.15, 0.2) is 0 Å². The molecule has 5 heavy (non-hydrogen) atoms. The Balaban J connectivity index is 2.55. The summed E-state index contributed by atoms with van der Waals surface area (Å²) in [5, 5.41) is 0.644. The van der Waals surface area contributed by atoms with Gasteiger partial charge in [0.2, 0.25) is 0 Å². The molecule has 2 rings (SSSR count). The fourth-order valence-electron chi connectivity index (χ4n) is 0.540. The Morgan fingerprint density at radius 3 is 2.20 bits per heavy atom. The van der Waals surface area contributed by atoms with Crippen LogP contribution < -0.4 is 0 Å². The van der Waals surface area contributed by atoms with Gasteiger partial charge in [-0.2, -0.15) is 0 Å². The Hall–Kier alpha value is 0.230. The van der Waals surface area contributed by atoms with Crippen LogP contribution in [0.4, 0.5) is 0 Å². The van der Waals surface area contributed by atoms with Gasteiger partial charge in [-0.15, -0.1) is 0 Å². The maximum atomic E-state index is 4.23. The van der Waals surface area contributed by atoms with E-state index in [9.17, 15) is 0 Å². The van der Waals surface area contributed by atoms with Gasteiger partial charge >= 0.3 is 0 Å². The van der Waals surface area contributed by atoms with E-state index in [1.54, 1.807) is 0 Å². The smallest absolute Gasteiger partial charge is 0.0931 e. The zero-order valence-electron chi connectivity index (χ0n) is 3.15. The summed E-state index contributed by atoms with van der Waals surface area (Å²) in [5.41, 5.74) is 0. The molecular formula is C3H6NP. The molecule has 1 fully saturated rings. The Morgan fingerprint density at radius 1 is 2.00 bits per heavy atom. The van der Waals surface area contributed by atoms with Crippen LogP contribution in [0.25, 0.3) is 0 Å². The molecule has 0 N–H and O–H groups in total. The first-order chi connectivity index (χ1) is 2.31. The zero-order valence-corrected chi connectivity index (χ0v) is 4.15. The molecule has 0 bridgehead atoms. The minimum atomic E-state index is 0.0635. The van der Waals surface area contributed by atoms with E-state index in [1.807, 2.05) is 0 Å². The average Bonchev–Trinajstić information content (AvgIpc) is 1.74. The lowest BCUT2D eigenvalue weighted by Gasteiger charge is -1.75. The van der Waals surface area contributed by atoms with E-state index >= 15 is 0 Å². The molecule has 2 atom stereocenters. The summed E-state index contributed by atoms with van der Waals surface area (Å²) in [6.07, 6.45) is 1.48. The normalized spacial score (nSPS) is 68.6. The fraction of sp³-hybridized carbons (Fsp3) is 1.00. The molecule has 1 saturated heterocycles. The Morgan fingerprint density at radius 2 is 2.20 bits per heavy atom. The Bertz CT molecular complexity index is 118. The van der Waals surface area contributed by atoms with Gasteiger partial charge in [0.25, 0.3) is 0 Å². The topological polar surface area (TPSA) is 12.4 Å². The van der Waals surface area contributed by atoms with Crippen LogP contribution in [0.5, 0.6) is 0 Å². The quantitative estimate of drug-likeness (QED) is 0.393. The van der Waals surface area contributed by atoms with Crippen LogP contribution in [-0.2, 0) is 0 Å². The summed E-state index contributed by atoms with van der Waals surface area (Å²) in [4.78, 5) is 0. The molecule has 2 heteroatoms. The van der Waals surface area contributed by atoms with Crippen molar-refractivity contribution in [1.29, 1.82) is 0 Å². The summed E-state index contributed by atoms with van der Waals surface area (Å²) in [6.45, 7) is 2.25. The molecule has 0 aliphatic carbocycles. The Labute approximate surface area is 31.9 Å². The number of hydrogen-bond acceptors (Lipinski definition) is 1. The maximum Gasteiger partial charge on any atom is 0.0931 e. The predicted octanol–water partition coefficient (Wildman–Crippen LogP) is 1.13. The standard InChI is InChI=1S/C3H6NP/c1-3-2-5(3)4-3/h5H,2H2,1H3. The highest BCUT2D eigenvalue weighted by Crippen LogP contribution is 2.77. The lowest BCUT2D eigenvalue weighted by atomic mass is 10.4. The maximum absolute atomic E-state index is 4.23. The molecule has 0 spiro atoms. The van der Waals surface area contributed by atoms with Crippen molar-refractivity contribution in [3.05, 3.63) is 0 Å². The second-order valence-corrected chi connectivity index (χ2v) is 4.56. The second kappa shape index (κ2) is 0.350. The van der Waals surface area contributed by atoms with Crippen molar-refractivity contribution in [2.45, 2.75) is 12.2 Å². The highest BCUT2D eigenvalue weighted by Gasteiger charge is 2.56. The van der Waals surface area contributed by atoms with E-state index in [1.165, 1.54) is 6.16 Å². The minimum absolute atomic E-state index is 0.0635. The van der Waals surface area contributed by atoms with E-state index in [-0.39, 0.29) is 7.71 Å².